The minimum absolute atomic E-state index is 0.578. The highest BCUT2D eigenvalue weighted by Gasteiger charge is 2.12. The van der Waals surface area contributed by atoms with E-state index in [0.29, 0.717) is 16.0 Å². The third kappa shape index (κ3) is 3.82. The van der Waals surface area contributed by atoms with E-state index in [1.807, 2.05) is 18.2 Å². The molecule has 0 radical (unpaired) electrons. The van der Waals surface area contributed by atoms with Gasteiger partial charge < -0.3 is 0 Å². The lowest BCUT2D eigenvalue weighted by Gasteiger charge is -2.17. The van der Waals surface area contributed by atoms with Gasteiger partial charge in [-0.2, -0.15) is 0 Å². The van der Waals surface area contributed by atoms with Gasteiger partial charge >= 0.3 is 0 Å². The summed E-state index contributed by atoms with van der Waals surface area (Å²) in [6, 6.07) is 16.5. The lowest BCUT2D eigenvalue weighted by atomic mass is 9.88. The van der Waals surface area contributed by atoms with Crippen LogP contribution in [0.4, 0.5) is 0 Å². The van der Waals surface area contributed by atoms with Crippen molar-refractivity contribution < 1.29 is 0 Å². The van der Waals surface area contributed by atoms with Crippen molar-refractivity contribution in [2.24, 2.45) is 5.92 Å². The monoisotopic (exact) mass is 328 g/mol. The minimum atomic E-state index is 0.578. The van der Waals surface area contributed by atoms with E-state index in [1.165, 1.54) is 17.6 Å². The normalized spacial score (nSPS) is 17.4. The molecule has 1 aliphatic carbocycles. The summed E-state index contributed by atoms with van der Waals surface area (Å²) in [4.78, 5) is 0. The SMILES string of the molecule is Clc1ccc(C2=CC(CCc3ccccc3)CC=C2)cc1Cl. The molecule has 0 fully saturated rings. The number of benzene rings is 2. The molecule has 2 heteroatoms. The van der Waals surface area contributed by atoms with Gasteiger partial charge in [-0.25, -0.2) is 0 Å². The van der Waals surface area contributed by atoms with Gasteiger partial charge in [0.05, 0.1) is 10.0 Å². The van der Waals surface area contributed by atoms with Crippen molar-refractivity contribution in [2.75, 3.05) is 0 Å². The molecule has 0 saturated carbocycles. The van der Waals surface area contributed by atoms with Crippen LogP contribution < -0.4 is 0 Å². The molecule has 0 aromatic heterocycles. The average molecular weight is 329 g/mol. The molecule has 1 atom stereocenters. The predicted molar refractivity (Wildman–Crippen MR) is 96.4 cm³/mol. The van der Waals surface area contributed by atoms with Crippen LogP contribution in [0, 0.1) is 5.92 Å². The molecule has 0 N–H and O–H groups in total. The van der Waals surface area contributed by atoms with Crippen molar-refractivity contribution in [1.82, 2.24) is 0 Å². The van der Waals surface area contributed by atoms with E-state index >= 15 is 0 Å². The van der Waals surface area contributed by atoms with Crippen molar-refractivity contribution in [3.8, 4) is 0 Å². The standard InChI is InChI=1S/C20H18Cl2/c21-19-12-11-18(14-20(19)22)17-8-4-7-16(13-17)10-9-15-5-2-1-3-6-15/h1-6,8,11-14,16H,7,9-10H2. The highest BCUT2D eigenvalue weighted by Crippen LogP contribution is 2.31. The maximum absolute atomic E-state index is 6.13. The molecule has 0 bridgehead atoms. The van der Waals surface area contributed by atoms with Crippen LogP contribution >= 0.6 is 23.2 Å². The van der Waals surface area contributed by atoms with Crippen molar-refractivity contribution in [1.29, 1.82) is 0 Å². The summed E-state index contributed by atoms with van der Waals surface area (Å²) in [5.74, 6) is 0.578. The first-order valence-electron chi connectivity index (χ1n) is 7.60. The number of allylic oxidation sites excluding steroid dienone is 4. The second kappa shape index (κ2) is 7.17. The van der Waals surface area contributed by atoms with Crippen LogP contribution in [-0.4, -0.2) is 0 Å². The summed E-state index contributed by atoms with van der Waals surface area (Å²) in [6.07, 6.45) is 10.2. The molecule has 0 heterocycles. The summed E-state index contributed by atoms with van der Waals surface area (Å²) < 4.78 is 0. The molecular weight excluding hydrogens is 311 g/mol. The van der Waals surface area contributed by atoms with Gasteiger partial charge in [-0.05, 0) is 54.0 Å². The maximum Gasteiger partial charge on any atom is 0.0598 e. The average Bonchev–Trinajstić information content (AvgIpc) is 2.57. The molecule has 2 aromatic rings. The van der Waals surface area contributed by atoms with Gasteiger partial charge in [0.15, 0.2) is 0 Å². The zero-order chi connectivity index (χ0) is 15.4. The van der Waals surface area contributed by atoms with E-state index in [9.17, 15) is 0 Å². The lowest BCUT2D eigenvalue weighted by Crippen LogP contribution is -2.02. The minimum Gasteiger partial charge on any atom is -0.0833 e. The molecule has 1 aliphatic rings. The maximum atomic E-state index is 6.13. The Morgan fingerprint density at radius 1 is 0.955 bits per heavy atom. The third-order valence-corrected chi connectivity index (χ3v) is 4.79. The number of halogens is 2. The highest BCUT2D eigenvalue weighted by molar-refractivity contribution is 6.42. The molecule has 22 heavy (non-hydrogen) atoms. The molecule has 0 spiro atoms. The smallest absolute Gasteiger partial charge is 0.0598 e. The van der Waals surface area contributed by atoms with Gasteiger partial charge in [-0.3, -0.25) is 0 Å². The van der Waals surface area contributed by atoms with E-state index in [1.54, 1.807) is 0 Å². The third-order valence-electron chi connectivity index (χ3n) is 4.05. The molecule has 0 amide bonds. The zero-order valence-corrected chi connectivity index (χ0v) is 13.8. The summed E-state index contributed by atoms with van der Waals surface area (Å²) in [5, 5.41) is 1.21. The molecular formula is C20H18Cl2. The molecule has 3 rings (SSSR count). The van der Waals surface area contributed by atoms with Crippen LogP contribution in [0.5, 0.6) is 0 Å². The molecule has 0 nitrogen and oxygen atoms in total. The fraction of sp³-hybridized carbons (Fsp3) is 0.200. The summed E-state index contributed by atoms with van der Waals surface area (Å²) in [7, 11) is 0. The van der Waals surface area contributed by atoms with Gasteiger partial charge in [0.1, 0.15) is 0 Å². The summed E-state index contributed by atoms with van der Waals surface area (Å²) in [5.41, 5.74) is 3.78. The van der Waals surface area contributed by atoms with Gasteiger partial charge in [-0.15, -0.1) is 0 Å². The number of rotatable bonds is 4. The van der Waals surface area contributed by atoms with E-state index in [4.69, 9.17) is 23.2 Å². The van der Waals surface area contributed by atoms with Crippen molar-refractivity contribution >= 4 is 28.8 Å². The van der Waals surface area contributed by atoms with E-state index < -0.39 is 0 Å². The van der Waals surface area contributed by atoms with Crippen LogP contribution in [-0.2, 0) is 6.42 Å². The van der Waals surface area contributed by atoms with E-state index in [0.717, 1.165) is 18.4 Å². The first-order chi connectivity index (χ1) is 10.7. The summed E-state index contributed by atoms with van der Waals surface area (Å²) in [6.45, 7) is 0. The van der Waals surface area contributed by atoms with Gasteiger partial charge in [0.25, 0.3) is 0 Å². The highest BCUT2D eigenvalue weighted by atomic mass is 35.5. The Morgan fingerprint density at radius 2 is 1.77 bits per heavy atom. The quantitative estimate of drug-likeness (QED) is 0.594. The molecule has 0 aliphatic heterocycles. The largest absolute Gasteiger partial charge is 0.0833 e. The van der Waals surface area contributed by atoms with Crippen LogP contribution in [0.15, 0.2) is 66.8 Å². The Labute approximate surface area is 142 Å². The Morgan fingerprint density at radius 3 is 2.55 bits per heavy atom. The zero-order valence-electron chi connectivity index (χ0n) is 12.3. The molecule has 2 aromatic carbocycles. The van der Waals surface area contributed by atoms with Crippen LogP contribution in [0.25, 0.3) is 5.57 Å². The van der Waals surface area contributed by atoms with E-state index in [-0.39, 0.29) is 0 Å². The van der Waals surface area contributed by atoms with Gasteiger partial charge in [0, 0.05) is 0 Å². The van der Waals surface area contributed by atoms with Crippen LogP contribution in [0.2, 0.25) is 10.0 Å². The fourth-order valence-electron chi connectivity index (χ4n) is 2.81. The number of hydrogen-bond acceptors (Lipinski definition) is 0. The first kappa shape index (κ1) is 15.4. The molecule has 1 unspecified atom stereocenters. The molecule has 0 saturated heterocycles. The second-order valence-corrected chi connectivity index (χ2v) is 6.49. The van der Waals surface area contributed by atoms with Gasteiger partial charge in [0.2, 0.25) is 0 Å². The van der Waals surface area contributed by atoms with Crippen LogP contribution in [0.3, 0.4) is 0 Å². The number of aryl methyl sites for hydroxylation is 1. The fourth-order valence-corrected chi connectivity index (χ4v) is 3.11. The van der Waals surface area contributed by atoms with E-state index in [2.05, 4.69) is 48.6 Å². The lowest BCUT2D eigenvalue weighted by molar-refractivity contribution is 0.596. The Balaban J connectivity index is 1.71. The first-order valence-corrected chi connectivity index (χ1v) is 8.35. The summed E-state index contributed by atoms with van der Waals surface area (Å²) >= 11 is 12.1. The second-order valence-electron chi connectivity index (χ2n) is 5.67. The Kier molecular flexibility index (Phi) is 5.02. The topological polar surface area (TPSA) is 0 Å². The van der Waals surface area contributed by atoms with Crippen molar-refractivity contribution in [3.63, 3.8) is 0 Å². The predicted octanol–water partition coefficient (Wildman–Crippen LogP) is 6.59. The van der Waals surface area contributed by atoms with Crippen molar-refractivity contribution in [2.45, 2.75) is 19.3 Å². The molecule has 112 valence electrons. The van der Waals surface area contributed by atoms with Gasteiger partial charge in [-0.1, -0.05) is 77.8 Å². The Bertz CT molecular complexity index is 699. The number of hydrogen-bond donors (Lipinski definition) is 0. The van der Waals surface area contributed by atoms with Crippen LogP contribution in [0.1, 0.15) is 24.0 Å². The van der Waals surface area contributed by atoms with Crippen molar-refractivity contribution in [3.05, 3.63) is 87.9 Å². The Hall–Kier alpha value is -1.50.